The average molecular weight is 286 g/mol. The highest BCUT2D eigenvalue weighted by molar-refractivity contribution is 5.96. The van der Waals surface area contributed by atoms with E-state index in [4.69, 9.17) is 9.84 Å². The van der Waals surface area contributed by atoms with Crippen molar-refractivity contribution < 1.29 is 24.2 Å². The lowest BCUT2D eigenvalue weighted by Gasteiger charge is -2.19. The molecule has 1 aliphatic heterocycles. The number of hydrogen-bond donors (Lipinski definition) is 3. The van der Waals surface area contributed by atoms with Crippen molar-refractivity contribution in [2.45, 2.75) is 51.9 Å². The third-order valence-electron chi connectivity index (χ3n) is 3.33. The lowest BCUT2D eigenvalue weighted by Crippen LogP contribution is -2.47. The molecule has 0 radical (unpaired) electrons. The highest BCUT2D eigenvalue weighted by Crippen LogP contribution is 2.23. The van der Waals surface area contributed by atoms with Crippen LogP contribution in [0, 0.1) is 5.92 Å². The minimum absolute atomic E-state index is 0.192. The maximum atomic E-state index is 11.8. The van der Waals surface area contributed by atoms with Gasteiger partial charge < -0.3 is 20.5 Å². The van der Waals surface area contributed by atoms with Gasteiger partial charge in [-0.1, -0.05) is 27.2 Å². The molecule has 7 heteroatoms. The average Bonchev–Trinajstić information content (AvgIpc) is 3.21. The van der Waals surface area contributed by atoms with Crippen LogP contribution in [0.2, 0.25) is 0 Å². The molecule has 0 aromatic heterocycles. The van der Waals surface area contributed by atoms with E-state index in [1.54, 1.807) is 6.92 Å². The molecule has 114 valence electrons. The van der Waals surface area contributed by atoms with Crippen LogP contribution in [0.4, 0.5) is 0 Å². The molecule has 1 rings (SSSR count). The second-order valence-electron chi connectivity index (χ2n) is 4.98. The number of amides is 2. The summed E-state index contributed by atoms with van der Waals surface area (Å²) in [5, 5.41) is 14.1. The molecule has 4 atom stereocenters. The summed E-state index contributed by atoms with van der Waals surface area (Å²) in [7, 11) is 0. The van der Waals surface area contributed by atoms with E-state index >= 15 is 0 Å². The number of hydrogen-bond acceptors (Lipinski definition) is 4. The molecule has 1 saturated heterocycles. The largest absolute Gasteiger partial charge is 0.480 e. The number of nitrogens with one attached hydrogen (secondary N) is 2. The summed E-state index contributed by atoms with van der Waals surface area (Å²) in [4.78, 5) is 34.5. The first-order valence-electron chi connectivity index (χ1n) is 6.88. The fourth-order valence-electron chi connectivity index (χ4n) is 1.78. The minimum Gasteiger partial charge on any atom is -0.480 e. The lowest BCUT2D eigenvalue weighted by atomic mass is 9.99. The summed E-state index contributed by atoms with van der Waals surface area (Å²) in [6.45, 7) is 6.04. The Bertz CT molecular complexity index is 385. The zero-order valence-electron chi connectivity index (χ0n) is 12.0. The van der Waals surface area contributed by atoms with Gasteiger partial charge in [0, 0.05) is 6.54 Å². The van der Waals surface area contributed by atoms with E-state index in [2.05, 4.69) is 10.6 Å². The van der Waals surface area contributed by atoms with Gasteiger partial charge in [0.05, 0.1) is 0 Å². The van der Waals surface area contributed by atoms with E-state index in [9.17, 15) is 14.4 Å². The van der Waals surface area contributed by atoms with E-state index in [1.807, 2.05) is 13.8 Å². The van der Waals surface area contributed by atoms with E-state index in [1.165, 1.54) is 0 Å². The van der Waals surface area contributed by atoms with Gasteiger partial charge in [-0.15, -0.1) is 0 Å². The van der Waals surface area contributed by atoms with Crippen molar-refractivity contribution in [3.05, 3.63) is 0 Å². The van der Waals surface area contributed by atoms with Crippen molar-refractivity contribution in [3.8, 4) is 0 Å². The zero-order chi connectivity index (χ0) is 15.3. The van der Waals surface area contributed by atoms with Crippen molar-refractivity contribution in [1.82, 2.24) is 10.6 Å². The molecule has 20 heavy (non-hydrogen) atoms. The van der Waals surface area contributed by atoms with Crippen LogP contribution in [0.1, 0.15) is 33.6 Å². The van der Waals surface area contributed by atoms with Crippen molar-refractivity contribution in [2.75, 3.05) is 6.54 Å². The van der Waals surface area contributed by atoms with Crippen LogP contribution in [0.3, 0.4) is 0 Å². The van der Waals surface area contributed by atoms with E-state index < -0.39 is 30.1 Å². The van der Waals surface area contributed by atoms with Gasteiger partial charge in [-0.2, -0.15) is 0 Å². The van der Waals surface area contributed by atoms with Crippen molar-refractivity contribution in [2.24, 2.45) is 5.92 Å². The van der Waals surface area contributed by atoms with Crippen molar-refractivity contribution in [3.63, 3.8) is 0 Å². The van der Waals surface area contributed by atoms with Gasteiger partial charge in [0.25, 0.3) is 11.8 Å². The molecule has 7 nitrogen and oxygen atoms in total. The number of carboxylic acids is 1. The van der Waals surface area contributed by atoms with Crippen molar-refractivity contribution >= 4 is 17.8 Å². The second kappa shape index (κ2) is 7.23. The molecular weight excluding hydrogens is 264 g/mol. The van der Waals surface area contributed by atoms with Gasteiger partial charge in [0.1, 0.15) is 6.04 Å². The Labute approximate surface area is 118 Å². The van der Waals surface area contributed by atoms with Crippen molar-refractivity contribution in [1.29, 1.82) is 0 Å². The standard InChI is InChI=1S/C13H22N2O5/c1-4-6-14-11(16)9-10(20-9)12(17)15-8(13(18)19)7(3)5-2/h7-10H,4-6H2,1-3H3,(H,14,16)(H,15,17)(H,18,19)/t7-,8-,9-,10-/m0/s1. The summed E-state index contributed by atoms with van der Waals surface area (Å²) in [5.41, 5.74) is 0. The molecule has 0 aromatic rings. The van der Waals surface area contributed by atoms with Gasteiger partial charge in [-0.05, 0) is 12.3 Å². The molecule has 0 bridgehead atoms. The number of carbonyl (C=O) groups is 3. The molecule has 2 amide bonds. The van der Waals surface area contributed by atoms with Crippen LogP contribution in [-0.2, 0) is 19.1 Å². The predicted molar refractivity (Wildman–Crippen MR) is 71.0 cm³/mol. The molecule has 3 N–H and O–H groups in total. The second-order valence-corrected chi connectivity index (χ2v) is 4.98. The van der Waals surface area contributed by atoms with Gasteiger partial charge in [-0.25, -0.2) is 4.79 Å². The maximum Gasteiger partial charge on any atom is 0.326 e. The van der Waals surface area contributed by atoms with Gasteiger partial charge in [-0.3, -0.25) is 9.59 Å². The highest BCUT2D eigenvalue weighted by atomic mass is 16.6. The number of rotatable bonds is 8. The Hall–Kier alpha value is -1.63. The van der Waals surface area contributed by atoms with E-state index in [-0.39, 0.29) is 11.8 Å². The summed E-state index contributed by atoms with van der Waals surface area (Å²) in [6.07, 6.45) is -0.251. The monoisotopic (exact) mass is 286 g/mol. The SMILES string of the molecule is CCCNC(=O)[C@H]1O[C@@H]1C(=O)N[C@H](C(=O)O)[C@@H](C)CC. The minimum atomic E-state index is -1.08. The molecule has 0 spiro atoms. The summed E-state index contributed by atoms with van der Waals surface area (Å²) in [5.74, 6) is -2.15. The number of carbonyl (C=O) groups excluding carboxylic acids is 2. The third kappa shape index (κ3) is 4.19. The van der Waals surface area contributed by atoms with Gasteiger partial charge >= 0.3 is 5.97 Å². The predicted octanol–water partition coefficient (Wildman–Crippen LogP) is -0.104. The number of carboxylic acid groups (broad SMARTS) is 1. The molecule has 0 aromatic carbocycles. The van der Waals surface area contributed by atoms with Crippen LogP contribution in [0.25, 0.3) is 0 Å². The molecule has 0 aliphatic carbocycles. The summed E-state index contributed by atoms with van der Waals surface area (Å²) in [6, 6.07) is -0.962. The molecular formula is C13H22N2O5. The Morgan fingerprint density at radius 3 is 2.30 bits per heavy atom. The molecule has 0 saturated carbocycles. The Balaban J connectivity index is 2.48. The Kier molecular flexibility index (Phi) is 5.94. The van der Waals surface area contributed by atoms with Crippen LogP contribution in [-0.4, -0.2) is 47.7 Å². The third-order valence-corrected chi connectivity index (χ3v) is 3.33. The molecule has 1 heterocycles. The first-order chi connectivity index (χ1) is 9.42. The quantitative estimate of drug-likeness (QED) is 0.540. The Morgan fingerprint density at radius 2 is 1.80 bits per heavy atom. The summed E-state index contributed by atoms with van der Waals surface area (Å²) < 4.78 is 5.01. The molecule has 1 aliphatic rings. The van der Waals surface area contributed by atoms with Crippen LogP contribution >= 0.6 is 0 Å². The maximum absolute atomic E-state index is 11.8. The van der Waals surface area contributed by atoms with Crippen LogP contribution < -0.4 is 10.6 Å². The summed E-state index contributed by atoms with van der Waals surface area (Å²) >= 11 is 0. The fourth-order valence-corrected chi connectivity index (χ4v) is 1.78. The first-order valence-corrected chi connectivity index (χ1v) is 6.88. The zero-order valence-corrected chi connectivity index (χ0v) is 12.0. The van der Waals surface area contributed by atoms with Crippen LogP contribution in [0.5, 0.6) is 0 Å². The van der Waals surface area contributed by atoms with Crippen LogP contribution in [0.15, 0.2) is 0 Å². The lowest BCUT2D eigenvalue weighted by molar-refractivity contribution is -0.143. The highest BCUT2D eigenvalue weighted by Gasteiger charge is 2.51. The number of epoxide rings is 1. The van der Waals surface area contributed by atoms with Gasteiger partial charge in [0.15, 0.2) is 12.2 Å². The number of ether oxygens (including phenoxy) is 1. The molecule has 1 fully saturated rings. The normalized spacial score (nSPS) is 23.6. The Morgan fingerprint density at radius 1 is 1.20 bits per heavy atom. The fraction of sp³-hybridized carbons (Fsp3) is 0.769. The number of aliphatic carboxylic acids is 1. The topological polar surface area (TPSA) is 108 Å². The smallest absolute Gasteiger partial charge is 0.326 e. The first kappa shape index (κ1) is 16.4. The van der Waals surface area contributed by atoms with E-state index in [0.29, 0.717) is 13.0 Å². The molecule has 0 unspecified atom stereocenters. The van der Waals surface area contributed by atoms with E-state index in [0.717, 1.165) is 6.42 Å². The van der Waals surface area contributed by atoms with Gasteiger partial charge in [0.2, 0.25) is 0 Å².